The lowest BCUT2D eigenvalue weighted by Gasteiger charge is -2.11. The fraction of sp³-hybridized carbons (Fsp3) is 0.458. The van der Waals surface area contributed by atoms with Gasteiger partial charge >= 0.3 is 0 Å². The van der Waals surface area contributed by atoms with Crippen molar-refractivity contribution in [2.45, 2.75) is 30.0 Å². The number of thiazole rings is 1. The molecule has 36 heavy (non-hydrogen) atoms. The molecule has 0 amide bonds. The number of ether oxygens (including phenoxy) is 1. The summed E-state index contributed by atoms with van der Waals surface area (Å²) >= 11 is 5.07. The third kappa shape index (κ3) is 9.92. The first-order chi connectivity index (χ1) is 17.4. The number of nitrogens with zero attached hydrogens (tertiary/aromatic N) is 3. The van der Waals surface area contributed by atoms with Crippen LogP contribution >= 0.6 is 34.9 Å². The minimum Gasteiger partial charge on any atom is -0.494 e. The third-order valence-corrected chi connectivity index (χ3v) is 7.97. The Kier molecular flexibility index (Phi) is 11.7. The smallest absolute Gasteiger partial charge is 0.274 e. The molecular formula is C24H33N5O4S3. The first-order valence-electron chi connectivity index (χ1n) is 11.7. The van der Waals surface area contributed by atoms with Gasteiger partial charge in [0.2, 0.25) is 0 Å². The third-order valence-electron chi connectivity index (χ3n) is 4.74. The molecule has 2 heterocycles. The maximum atomic E-state index is 11.0. The Labute approximate surface area is 224 Å². The van der Waals surface area contributed by atoms with Crippen LogP contribution in [0.15, 0.2) is 51.1 Å². The number of hydrogen-bond acceptors (Lipinski definition) is 11. The van der Waals surface area contributed by atoms with Gasteiger partial charge in [0.25, 0.3) is 6.20 Å². The summed E-state index contributed by atoms with van der Waals surface area (Å²) in [7, 11) is 4.01. The predicted octanol–water partition coefficient (Wildman–Crippen LogP) is 5.02. The molecule has 3 aromatic rings. The Hall–Kier alpha value is -2.41. The van der Waals surface area contributed by atoms with Crippen molar-refractivity contribution in [3.05, 3.63) is 64.0 Å². The van der Waals surface area contributed by atoms with E-state index in [2.05, 4.69) is 20.5 Å². The fourth-order valence-electron chi connectivity index (χ4n) is 3.24. The summed E-state index contributed by atoms with van der Waals surface area (Å²) < 4.78 is 13.5. The van der Waals surface area contributed by atoms with E-state index in [0.717, 1.165) is 68.3 Å². The Morgan fingerprint density at radius 2 is 2.03 bits per heavy atom. The summed E-state index contributed by atoms with van der Waals surface area (Å²) in [6.45, 7) is 4.64. The van der Waals surface area contributed by atoms with Crippen molar-refractivity contribution in [3.63, 3.8) is 0 Å². The molecule has 0 bridgehead atoms. The van der Waals surface area contributed by atoms with Crippen LogP contribution in [-0.2, 0) is 12.3 Å². The van der Waals surface area contributed by atoms with Crippen molar-refractivity contribution in [3.8, 4) is 5.75 Å². The Bertz CT molecular complexity index is 1130. The summed E-state index contributed by atoms with van der Waals surface area (Å²) in [5.74, 6) is 5.63. The number of hydrogen-bond donors (Lipinski definition) is 2. The largest absolute Gasteiger partial charge is 0.494 e. The van der Waals surface area contributed by atoms with E-state index >= 15 is 0 Å². The fourth-order valence-corrected chi connectivity index (χ4v) is 6.10. The van der Waals surface area contributed by atoms with E-state index in [1.807, 2.05) is 51.4 Å². The predicted molar refractivity (Wildman–Crippen MR) is 149 cm³/mol. The highest BCUT2D eigenvalue weighted by Gasteiger charge is 2.07. The van der Waals surface area contributed by atoms with E-state index in [4.69, 9.17) is 9.15 Å². The number of furan rings is 1. The average molecular weight is 552 g/mol. The number of benzene rings is 1. The van der Waals surface area contributed by atoms with Crippen LogP contribution in [0.3, 0.4) is 0 Å². The molecule has 3 rings (SSSR count). The maximum absolute atomic E-state index is 11.0. The molecule has 196 valence electrons. The van der Waals surface area contributed by atoms with Crippen molar-refractivity contribution < 1.29 is 14.1 Å². The molecule has 0 saturated carbocycles. The standard InChI is InChI=1S/C24H33N5O4S3/c1-4-32-18-8-9-21-22(14-18)36-24(27-21)35-12-5-10-25-23(16-29(30)31)26-11-13-34-17-20-7-6-19(33-20)15-28(2)3/h6-9,14,16,25-26H,4-5,10-13,15,17H2,1-3H3. The van der Waals surface area contributed by atoms with Gasteiger partial charge in [-0.15, -0.1) is 11.3 Å². The highest BCUT2D eigenvalue weighted by atomic mass is 32.2. The molecule has 0 atom stereocenters. The van der Waals surface area contributed by atoms with Gasteiger partial charge in [0.05, 0.1) is 34.0 Å². The summed E-state index contributed by atoms with van der Waals surface area (Å²) in [4.78, 5) is 17.3. The lowest BCUT2D eigenvalue weighted by molar-refractivity contribution is -0.404. The maximum Gasteiger partial charge on any atom is 0.274 e. The molecule has 0 aliphatic heterocycles. The molecule has 9 nitrogen and oxygen atoms in total. The Morgan fingerprint density at radius 3 is 2.81 bits per heavy atom. The van der Waals surface area contributed by atoms with Gasteiger partial charge in [0, 0.05) is 24.6 Å². The van der Waals surface area contributed by atoms with Gasteiger partial charge in [-0.1, -0.05) is 11.8 Å². The molecule has 0 aliphatic carbocycles. The van der Waals surface area contributed by atoms with Crippen LogP contribution < -0.4 is 15.4 Å². The van der Waals surface area contributed by atoms with Crippen molar-refractivity contribution in [1.29, 1.82) is 0 Å². The van der Waals surface area contributed by atoms with Gasteiger partial charge in [-0.3, -0.25) is 10.1 Å². The molecular weight excluding hydrogens is 518 g/mol. The van der Waals surface area contributed by atoms with E-state index in [1.165, 1.54) is 0 Å². The molecule has 0 unspecified atom stereocenters. The van der Waals surface area contributed by atoms with Gasteiger partial charge in [-0.25, -0.2) is 4.98 Å². The zero-order chi connectivity index (χ0) is 25.8. The lowest BCUT2D eigenvalue weighted by Crippen LogP contribution is -2.29. The minimum atomic E-state index is -0.440. The minimum absolute atomic E-state index is 0.431. The molecule has 1 aromatic carbocycles. The van der Waals surface area contributed by atoms with Crippen LogP contribution in [0.2, 0.25) is 0 Å². The molecule has 0 fully saturated rings. The van der Waals surface area contributed by atoms with E-state index in [0.29, 0.717) is 25.5 Å². The summed E-state index contributed by atoms with van der Waals surface area (Å²) in [6, 6.07) is 9.96. The summed E-state index contributed by atoms with van der Waals surface area (Å²) in [5, 5.41) is 17.3. The molecule has 2 N–H and O–H groups in total. The highest BCUT2D eigenvalue weighted by molar-refractivity contribution is 8.01. The summed E-state index contributed by atoms with van der Waals surface area (Å²) in [6.07, 6.45) is 1.84. The molecule has 12 heteroatoms. The number of rotatable bonds is 17. The number of aromatic nitrogens is 1. The quantitative estimate of drug-likeness (QED) is 0.103. The van der Waals surface area contributed by atoms with Gasteiger partial charge < -0.3 is 24.7 Å². The van der Waals surface area contributed by atoms with Crippen molar-refractivity contribution in [2.24, 2.45) is 0 Å². The molecule has 0 radical (unpaired) electrons. The first kappa shape index (κ1) is 28.2. The molecule has 0 spiro atoms. The van der Waals surface area contributed by atoms with Crippen LogP contribution in [0, 0.1) is 10.1 Å². The second kappa shape index (κ2) is 15.0. The number of fused-ring (bicyclic) bond motifs is 1. The van der Waals surface area contributed by atoms with Crippen LogP contribution in [-0.4, -0.2) is 60.1 Å². The summed E-state index contributed by atoms with van der Waals surface area (Å²) in [5.41, 5.74) is 0.975. The van der Waals surface area contributed by atoms with Crippen LogP contribution in [0.1, 0.15) is 24.9 Å². The normalized spacial score (nSPS) is 11.8. The zero-order valence-corrected chi connectivity index (χ0v) is 23.3. The second-order valence-corrected chi connectivity index (χ2v) is 11.6. The van der Waals surface area contributed by atoms with E-state index in [-0.39, 0.29) is 0 Å². The molecule has 0 saturated heterocycles. The first-order valence-corrected chi connectivity index (χ1v) is 14.7. The monoisotopic (exact) mass is 551 g/mol. The van der Waals surface area contributed by atoms with Gasteiger partial charge in [-0.05, 0) is 57.8 Å². The number of thioether (sulfide) groups is 2. The van der Waals surface area contributed by atoms with Gasteiger partial charge in [0.1, 0.15) is 17.3 Å². The second-order valence-electron chi connectivity index (χ2n) is 8.08. The van der Waals surface area contributed by atoms with Crippen LogP contribution in [0.25, 0.3) is 10.2 Å². The molecule has 2 aromatic heterocycles. The lowest BCUT2D eigenvalue weighted by atomic mass is 10.3. The van der Waals surface area contributed by atoms with E-state index in [9.17, 15) is 10.1 Å². The Balaban J connectivity index is 1.33. The van der Waals surface area contributed by atoms with Crippen molar-refractivity contribution in [2.75, 3.05) is 45.3 Å². The Morgan fingerprint density at radius 1 is 1.22 bits per heavy atom. The average Bonchev–Trinajstić information content (AvgIpc) is 3.43. The topological polar surface area (TPSA) is 106 Å². The number of nitro groups is 1. The van der Waals surface area contributed by atoms with Crippen molar-refractivity contribution in [1.82, 2.24) is 20.5 Å². The SMILES string of the molecule is CCOc1ccc2nc(SCCCNC(=C[N+](=O)[O-])NCCSCc3ccc(CN(C)C)o3)sc2c1. The van der Waals surface area contributed by atoms with E-state index < -0.39 is 4.92 Å². The number of nitrogens with one attached hydrogen (secondary N) is 2. The highest BCUT2D eigenvalue weighted by Crippen LogP contribution is 2.32. The van der Waals surface area contributed by atoms with Gasteiger partial charge in [-0.2, -0.15) is 11.8 Å². The van der Waals surface area contributed by atoms with Crippen LogP contribution in [0.5, 0.6) is 5.75 Å². The zero-order valence-electron chi connectivity index (χ0n) is 20.8. The van der Waals surface area contributed by atoms with E-state index in [1.54, 1.807) is 34.9 Å². The van der Waals surface area contributed by atoms with Crippen molar-refractivity contribution >= 4 is 45.1 Å². The van der Waals surface area contributed by atoms with Crippen LogP contribution in [0.4, 0.5) is 0 Å². The van der Waals surface area contributed by atoms with Gasteiger partial charge in [0.15, 0.2) is 10.2 Å². The molecule has 0 aliphatic rings.